The molecule has 0 unspecified atom stereocenters. The van der Waals surface area contributed by atoms with Crippen LogP contribution in [0.5, 0.6) is 0 Å². The molecule has 6 heteroatoms. The molecule has 0 aromatic heterocycles. The second kappa shape index (κ2) is 4.80. The van der Waals surface area contributed by atoms with Crippen LogP contribution in [0.15, 0.2) is 0 Å². The van der Waals surface area contributed by atoms with Crippen LogP contribution in [0.3, 0.4) is 0 Å². The lowest BCUT2D eigenvalue weighted by Gasteiger charge is -2.43. The van der Waals surface area contributed by atoms with Crippen molar-refractivity contribution in [3.63, 3.8) is 0 Å². The fourth-order valence-corrected chi connectivity index (χ4v) is 1.76. The van der Waals surface area contributed by atoms with E-state index in [4.69, 9.17) is 4.74 Å². The smallest absolute Gasteiger partial charge is 0.315 e. The maximum atomic E-state index is 11.5. The van der Waals surface area contributed by atoms with Crippen LogP contribution in [0, 0.1) is 0 Å². The number of hydrogen-bond acceptors (Lipinski definition) is 5. The topological polar surface area (TPSA) is 67.9 Å². The van der Waals surface area contributed by atoms with Crippen molar-refractivity contribution in [2.75, 3.05) is 33.4 Å². The average molecular weight is 228 g/mol. The van der Waals surface area contributed by atoms with Gasteiger partial charge in [-0.2, -0.15) is 0 Å². The van der Waals surface area contributed by atoms with Gasteiger partial charge < -0.3 is 19.7 Å². The van der Waals surface area contributed by atoms with Crippen molar-refractivity contribution in [1.82, 2.24) is 10.2 Å². The van der Waals surface area contributed by atoms with Gasteiger partial charge in [0, 0.05) is 19.1 Å². The Morgan fingerprint density at radius 3 is 2.56 bits per heavy atom. The maximum Gasteiger partial charge on any atom is 0.315 e. The SMILES string of the molecule is COC(=O)CC(=O)N1CC(NC2COC2)C1. The lowest BCUT2D eigenvalue weighted by atomic mass is 10.1. The molecule has 2 aliphatic rings. The fraction of sp³-hybridized carbons (Fsp3) is 0.800. The average Bonchev–Trinajstić information content (AvgIpc) is 2.12. The molecule has 1 amide bonds. The van der Waals surface area contributed by atoms with Crippen LogP contribution in [-0.4, -0.2) is 62.3 Å². The highest BCUT2D eigenvalue weighted by atomic mass is 16.5. The first kappa shape index (κ1) is 11.3. The number of carbonyl (C=O) groups excluding carboxylic acids is 2. The number of carbonyl (C=O) groups is 2. The maximum absolute atomic E-state index is 11.5. The Kier molecular flexibility index (Phi) is 3.40. The summed E-state index contributed by atoms with van der Waals surface area (Å²) in [5.74, 6) is -0.636. The number of methoxy groups -OCH3 is 1. The van der Waals surface area contributed by atoms with E-state index in [2.05, 4.69) is 10.1 Å². The van der Waals surface area contributed by atoms with Crippen molar-refractivity contribution in [2.24, 2.45) is 0 Å². The van der Waals surface area contributed by atoms with Crippen LogP contribution in [0.2, 0.25) is 0 Å². The number of nitrogens with zero attached hydrogens (tertiary/aromatic N) is 1. The number of likely N-dealkylation sites (tertiary alicyclic amines) is 1. The van der Waals surface area contributed by atoms with Gasteiger partial charge in [0.2, 0.25) is 5.91 Å². The molecule has 0 radical (unpaired) electrons. The molecule has 0 saturated carbocycles. The number of rotatable bonds is 4. The Hall–Kier alpha value is -1.14. The summed E-state index contributed by atoms with van der Waals surface area (Å²) >= 11 is 0. The zero-order valence-electron chi connectivity index (χ0n) is 9.27. The van der Waals surface area contributed by atoms with Crippen molar-refractivity contribution in [1.29, 1.82) is 0 Å². The number of hydrogen-bond donors (Lipinski definition) is 1. The predicted molar refractivity (Wildman–Crippen MR) is 54.7 cm³/mol. The quantitative estimate of drug-likeness (QED) is 0.481. The summed E-state index contributed by atoms with van der Waals surface area (Å²) in [6.07, 6.45) is -0.157. The Morgan fingerprint density at radius 1 is 1.38 bits per heavy atom. The van der Waals surface area contributed by atoms with Gasteiger partial charge in [-0.3, -0.25) is 9.59 Å². The first-order valence-corrected chi connectivity index (χ1v) is 5.37. The van der Waals surface area contributed by atoms with Crippen molar-refractivity contribution < 1.29 is 19.1 Å². The third-order valence-electron chi connectivity index (χ3n) is 2.87. The molecule has 2 rings (SSSR count). The highest BCUT2D eigenvalue weighted by Crippen LogP contribution is 2.12. The lowest BCUT2D eigenvalue weighted by Crippen LogP contribution is -2.64. The molecule has 2 saturated heterocycles. The van der Waals surface area contributed by atoms with Crippen LogP contribution >= 0.6 is 0 Å². The molecule has 2 heterocycles. The third-order valence-corrected chi connectivity index (χ3v) is 2.87. The van der Waals surface area contributed by atoms with E-state index in [1.54, 1.807) is 4.90 Å². The summed E-state index contributed by atoms with van der Waals surface area (Å²) < 4.78 is 9.48. The zero-order chi connectivity index (χ0) is 11.5. The number of ether oxygens (including phenoxy) is 2. The molecule has 90 valence electrons. The van der Waals surface area contributed by atoms with Crippen molar-refractivity contribution in [2.45, 2.75) is 18.5 Å². The summed E-state index contributed by atoms with van der Waals surface area (Å²) in [5.41, 5.74) is 0. The standard InChI is InChI=1S/C10H16N2O4/c1-15-10(14)2-9(13)12-3-7(4-12)11-8-5-16-6-8/h7-8,11H,2-6H2,1H3. The first-order valence-electron chi connectivity index (χ1n) is 5.37. The highest BCUT2D eigenvalue weighted by molar-refractivity contribution is 5.94. The Labute approximate surface area is 93.9 Å². The molecule has 0 aromatic rings. The molecular formula is C10H16N2O4. The summed E-state index contributed by atoms with van der Waals surface area (Å²) in [4.78, 5) is 24.0. The molecule has 16 heavy (non-hydrogen) atoms. The second-order valence-electron chi connectivity index (χ2n) is 4.15. The Balaban J connectivity index is 1.63. The van der Waals surface area contributed by atoms with Gasteiger partial charge in [-0.15, -0.1) is 0 Å². The van der Waals surface area contributed by atoms with Gasteiger partial charge in [-0.1, -0.05) is 0 Å². The van der Waals surface area contributed by atoms with Crippen molar-refractivity contribution >= 4 is 11.9 Å². The fourth-order valence-electron chi connectivity index (χ4n) is 1.76. The molecule has 0 atom stereocenters. The molecule has 2 fully saturated rings. The van der Waals surface area contributed by atoms with E-state index in [0.717, 1.165) is 13.2 Å². The number of esters is 1. The van der Waals surface area contributed by atoms with E-state index in [9.17, 15) is 9.59 Å². The van der Waals surface area contributed by atoms with E-state index < -0.39 is 5.97 Å². The summed E-state index contributed by atoms with van der Waals surface area (Å²) in [6.45, 7) is 2.86. The molecule has 0 aliphatic carbocycles. The number of nitrogens with one attached hydrogen (secondary N) is 1. The Morgan fingerprint density at radius 2 is 2.06 bits per heavy atom. The molecule has 0 aromatic carbocycles. The molecular weight excluding hydrogens is 212 g/mol. The van der Waals surface area contributed by atoms with Crippen LogP contribution in [0.25, 0.3) is 0 Å². The summed E-state index contributed by atoms with van der Waals surface area (Å²) in [6, 6.07) is 0.776. The van der Waals surface area contributed by atoms with Gasteiger partial charge in [0.1, 0.15) is 6.42 Å². The largest absolute Gasteiger partial charge is 0.469 e. The molecule has 6 nitrogen and oxygen atoms in total. The van der Waals surface area contributed by atoms with E-state index in [1.807, 2.05) is 0 Å². The van der Waals surface area contributed by atoms with E-state index in [1.165, 1.54) is 7.11 Å². The molecule has 1 N–H and O–H groups in total. The molecule has 2 aliphatic heterocycles. The van der Waals surface area contributed by atoms with Gasteiger partial charge >= 0.3 is 5.97 Å². The normalized spacial score (nSPS) is 21.2. The Bertz CT molecular complexity index is 285. The lowest BCUT2D eigenvalue weighted by molar-refractivity contribution is -0.149. The van der Waals surface area contributed by atoms with Crippen molar-refractivity contribution in [3.8, 4) is 0 Å². The van der Waals surface area contributed by atoms with E-state index in [-0.39, 0.29) is 12.3 Å². The highest BCUT2D eigenvalue weighted by Gasteiger charge is 2.34. The monoisotopic (exact) mass is 228 g/mol. The second-order valence-corrected chi connectivity index (χ2v) is 4.15. The first-order chi connectivity index (χ1) is 7.69. The minimum Gasteiger partial charge on any atom is -0.469 e. The summed E-state index contributed by atoms with van der Waals surface area (Å²) in [7, 11) is 1.28. The number of amides is 1. The molecule has 0 spiro atoms. The minimum atomic E-state index is -0.478. The van der Waals surface area contributed by atoms with E-state index in [0.29, 0.717) is 25.2 Å². The van der Waals surface area contributed by atoms with Crippen LogP contribution in [-0.2, 0) is 19.1 Å². The van der Waals surface area contributed by atoms with Crippen LogP contribution in [0.4, 0.5) is 0 Å². The van der Waals surface area contributed by atoms with Gasteiger partial charge in [-0.25, -0.2) is 0 Å². The van der Waals surface area contributed by atoms with Crippen LogP contribution in [0.1, 0.15) is 6.42 Å². The van der Waals surface area contributed by atoms with E-state index >= 15 is 0 Å². The van der Waals surface area contributed by atoms with Gasteiger partial charge in [0.15, 0.2) is 0 Å². The minimum absolute atomic E-state index is 0.157. The molecule has 0 bridgehead atoms. The van der Waals surface area contributed by atoms with Crippen molar-refractivity contribution in [3.05, 3.63) is 0 Å². The zero-order valence-corrected chi connectivity index (χ0v) is 9.27. The summed E-state index contributed by atoms with van der Waals surface area (Å²) in [5, 5.41) is 3.37. The predicted octanol–water partition coefficient (Wildman–Crippen LogP) is -1.25. The van der Waals surface area contributed by atoms with Gasteiger partial charge in [0.25, 0.3) is 0 Å². The van der Waals surface area contributed by atoms with Gasteiger partial charge in [0.05, 0.1) is 26.4 Å². The van der Waals surface area contributed by atoms with Crippen LogP contribution < -0.4 is 5.32 Å². The van der Waals surface area contributed by atoms with Gasteiger partial charge in [-0.05, 0) is 0 Å². The third kappa shape index (κ3) is 2.51.